The van der Waals surface area contributed by atoms with Gasteiger partial charge in [0.15, 0.2) is 0 Å². The standard InChI is InChI=1S/C15H16N2O2S2/c1-8(2)7-17-14(18)11-9(3)12(10-5-4-6-20-10)21-13(11)16-15(17)19/h4-6,8H,7H2,1-3H3,(H,16,19). The molecule has 3 heterocycles. The number of aryl methyl sites for hydroxylation is 1. The summed E-state index contributed by atoms with van der Waals surface area (Å²) in [6.45, 7) is 6.38. The van der Waals surface area contributed by atoms with E-state index >= 15 is 0 Å². The van der Waals surface area contributed by atoms with Crippen LogP contribution in [0.15, 0.2) is 27.1 Å². The van der Waals surface area contributed by atoms with Gasteiger partial charge in [0.1, 0.15) is 4.83 Å². The van der Waals surface area contributed by atoms with Crippen LogP contribution < -0.4 is 11.2 Å². The fourth-order valence-electron chi connectivity index (χ4n) is 2.42. The Balaban J connectivity index is 2.31. The van der Waals surface area contributed by atoms with E-state index in [9.17, 15) is 9.59 Å². The Morgan fingerprint density at radius 2 is 2.10 bits per heavy atom. The normalized spacial score (nSPS) is 11.6. The van der Waals surface area contributed by atoms with E-state index in [2.05, 4.69) is 4.98 Å². The molecule has 3 rings (SSSR count). The van der Waals surface area contributed by atoms with Gasteiger partial charge >= 0.3 is 5.69 Å². The number of hydrogen-bond acceptors (Lipinski definition) is 4. The third kappa shape index (κ3) is 2.38. The van der Waals surface area contributed by atoms with Crippen LogP contribution in [0.3, 0.4) is 0 Å². The number of fused-ring (bicyclic) bond motifs is 1. The summed E-state index contributed by atoms with van der Waals surface area (Å²) < 4.78 is 1.31. The molecule has 0 aromatic carbocycles. The largest absolute Gasteiger partial charge is 0.329 e. The Kier molecular flexibility index (Phi) is 3.59. The highest BCUT2D eigenvalue weighted by Gasteiger charge is 2.17. The molecule has 6 heteroatoms. The molecule has 0 radical (unpaired) electrons. The number of aromatic nitrogens is 2. The highest BCUT2D eigenvalue weighted by Crippen LogP contribution is 2.37. The summed E-state index contributed by atoms with van der Waals surface area (Å²) in [5.41, 5.74) is 0.454. The summed E-state index contributed by atoms with van der Waals surface area (Å²) in [5.74, 6) is 0.247. The van der Waals surface area contributed by atoms with E-state index in [1.807, 2.05) is 38.3 Å². The third-order valence-electron chi connectivity index (χ3n) is 3.36. The zero-order valence-electron chi connectivity index (χ0n) is 12.1. The lowest BCUT2D eigenvalue weighted by atomic mass is 10.2. The van der Waals surface area contributed by atoms with E-state index in [0.29, 0.717) is 16.8 Å². The van der Waals surface area contributed by atoms with Gasteiger partial charge in [-0.1, -0.05) is 19.9 Å². The van der Waals surface area contributed by atoms with Gasteiger partial charge in [-0.2, -0.15) is 0 Å². The second-order valence-electron chi connectivity index (χ2n) is 5.48. The van der Waals surface area contributed by atoms with E-state index in [1.165, 1.54) is 15.9 Å². The third-order valence-corrected chi connectivity index (χ3v) is 5.62. The first-order chi connectivity index (χ1) is 9.99. The highest BCUT2D eigenvalue weighted by molar-refractivity contribution is 7.25. The minimum Gasteiger partial charge on any atom is -0.298 e. The number of H-pyrrole nitrogens is 1. The summed E-state index contributed by atoms with van der Waals surface area (Å²) in [7, 11) is 0. The number of thiophene rings is 2. The number of rotatable bonds is 3. The van der Waals surface area contributed by atoms with Crippen molar-refractivity contribution in [1.82, 2.24) is 9.55 Å². The van der Waals surface area contributed by atoms with Crippen LogP contribution in [-0.4, -0.2) is 9.55 Å². The first-order valence-electron chi connectivity index (χ1n) is 6.79. The Bertz CT molecular complexity index is 898. The summed E-state index contributed by atoms with van der Waals surface area (Å²) >= 11 is 3.12. The van der Waals surface area contributed by atoms with E-state index in [4.69, 9.17) is 0 Å². The molecular formula is C15H16N2O2S2. The monoisotopic (exact) mass is 320 g/mol. The van der Waals surface area contributed by atoms with Crippen molar-refractivity contribution in [2.75, 3.05) is 0 Å². The molecule has 3 aromatic heterocycles. The lowest BCUT2D eigenvalue weighted by Gasteiger charge is -2.07. The van der Waals surface area contributed by atoms with Gasteiger partial charge in [-0.3, -0.25) is 14.3 Å². The van der Waals surface area contributed by atoms with Crippen LogP contribution in [0.25, 0.3) is 20.0 Å². The molecule has 3 aromatic rings. The van der Waals surface area contributed by atoms with Crippen LogP contribution in [0.2, 0.25) is 0 Å². The molecule has 0 saturated carbocycles. The molecule has 110 valence electrons. The zero-order valence-corrected chi connectivity index (χ0v) is 13.7. The second-order valence-corrected chi connectivity index (χ2v) is 7.45. The fraction of sp³-hybridized carbons (Fsp3) is 0.333. The van der Waals surface area contributed by atoms with Crippen molar-refractivity contribution < 1.29 is 0 Å². The predicted molar refractivity (Wildman–Crippen MR) is 89.6 cm³/mol. The fourth-order valence-corrected chi connectivity index (χ4v) is 4.52. The van der Waals surface area contributed by atoms with Gasteiger partial charge in [-0.05, 0) is 29.9 Å². The maximum absolute atomic E-state index is 12.6. The number of nitrogens with one attached hydrogen (secondary N) is 1. The van der Waals surface area contributed by atoms with Crippen LogP contribution in [0.1, 0.15) is 19.4 Å². The molecule has 0 saturated heterocycles. The second kappa shape index (κ2) is 5.27. The van der Waals surface area contributed by atoms with E-state index in [-0.39, 0.29) is 17.2 Å². The minimum absolute atomic E-state index is 0.181. The topological polar surface area (TPSA) is 54.9 Å². The van der Waals surface area contributed by atoms with Gasteiger partial charge in [0.2, 0.25) is 0 Å². The Morgan fingerprint density at radius 3 is 2.71 bits per heavy atom. The molecule has 0 amide bonds. The minimum atomic E-state index is -0.319. The average Bonchev–Trinajstić information content (AvgIpc) is 3.02. The molecule has 0 aliphatic carbocycles. The molecule has 0 aliphatic heterocycles. The number of hydrogen-bond donors (Lipinski definition) is 1. The molecule has 0 atom stereocenters. The zero-order chi connectivity index (χ0) is 15.1. The Hall–Kier alpha value is -1.66. The predicted octanol–water partition coefficient (Wildman–Crippen LogP) is 3.44. The summed E-state index contributed by atoms with van der Waals surface area (Å²) in [6.07, 6.45) is 0. The van der Waals surface area contributed by atoms with Gasteiger partial charge < -0.3 is 0 Å². The van der Waals surface area contributed by atoms with Crippen molar-refractivity contribution in [1.29, 1.82) is 0 Å². The molecule has 0 aliphatic rings. The van der Waals surface area contributed by atoms with Crippen LogP contribution in [0.4, 0.5) is 0 Å². The SMILES string of the molecule is Cc1c(-c2cccs2)sc2[nH]c(=O)n(CC(C)C)c(=O)c12. The van der Waals surface area contributed by atoms with Crippen molar-refractivity contribution in [2.24, 2.45) is 5.92 Å². The average molecular weight is 320 g/mol. The molecule has 4 nitrogen and oxygen atoms in total. The van der Waals surface area contributed by atoms with Crippen LogP contribution in [-0.2, 0) is 6.54 Å². The maximum atomic E-state index is 12.6. The van der Waals surface area contributed by atoms with E-state index in [1.54, 1.807) is 11.3 Å². The van der Waals surface area contributed by atoms with E-state index < -0.39 is 0 Å². The van der Waals surface area contributed by atoms with Gasteiger partial charge in [0, 0.05) is 11.4 Å². The van der Waals surface area contributed by atoms with Crippen LogP contribution in [0.5, 0.6) is 0 Å². The van der Waals surface area contributed by atoms with Crippen molar-refractivity contribution in [3.63, 3.8) is 0 Å². The van der Waals surface area contributed by atoms with Crippen molar-refractivity contribution >= 4 is 32.9 Å². The Labute approximate surface area is 129 Å². The molecule has 0 bridgehead atoms. The molecule has 21 heavy (non-hydrogen) atoms. The highest BCUT2D eigenvalue weighted by atomic mass is 32.1. The number of nitrogens with zero attached hydrogens (tertiary/aromatic N) is 1. The van der Waals surface area contributed by atoms with Crippen molar-refractivity contribution in [3.05, 3.63) is 43.9 Å². The van der Waals surface area contributed by atoms with Crippen molar-refractivity contribution in [2.45, 2.75) is 27.3 Å². The van der Waals surface area contributed by atoms with Crippen LogP contribution in [0, 0.1) is 12.8 Å². The van der Waals surface area contributed by atoms with Gasteiger partial charge in [0.25, 0.3) is 5.56 Å². The van der Waals surface area contributed by atoms with Gasteiger partial charge in [-0.15, -0.1) is 22.7 Å². The first kappa shape index (κ1) is 14.3. The summed E-state index contributed by atoms with van der Waals surface area (Å²) in [5, 5.41) is 2.66. The molecule has 1 N–H and O–H groups in total. The van der Waals surface area contributed by atoms with Crippen molar-refractivity contribution in [3.8, 4) is 9.75 Å². The van der Waals surface area contributed by atoms with Gasteiger partial charge in [-0.25, -0.2) is 4.79 Å². The quantitative estimate of drug-likeness (QED) is 0.803. The molecule has 0 fully saturated rings. The molecule has 0 spiro atoms. The van der Waals surface area contributed by atoms with Gasteiger partial charge in [0.05, 0.1) is 10.3 Å². The summed E-state index contributed by atoms with van der Waals surface area (Å²) in [4.78, 5) is 30.5. The lowest BCUT2D eigenvalue weighted by Crippen LogP contribution is -2.36. The Morgan fingerprint density at radius 1 is 1.33 bits per heavy atom. The molecular weight excluding hydrogens is 304 g/mol. The lowest BCUT2D eigenvalue weighted by molar-refractivity contribution is 0.496. The van der Waals surface area contributed by atoms with E-state index in [0.717, 1.165) is 15.3 Å². The number of aromatic amines is 1. The molecule has 0 unspecified atom stereocenters. The maximum Gasteiger partial charge on any atom is 0.329 e. The van der Waals surface area contributed by atoms with Crippen LogP contribution >= 0.6 is 22.7 Å². The summed E-state index contributed by atoms with van der Waals surface area (Å²) in [6, 6.07) is 4.02. The smallest absolute Gasteiger partial charge is 0.298 e. The first-order valence-corrected chi connectivity index (χ1v) is 8.48.